The van der Waals surface area contributed by atoms with Gasteiger partial charge in [0.2, 0.25) is 0 Å². The Morgan fingerprint density at radius 1 is 1.50 bits per heavy atom. The second-order valence-corrected chi connectivity index (χ2v) is 4.55. The molecule has 18 heavy (non-hydrogen) atoms. The predicted octanol–water partition coefficient (Wildman–Crippen LogP) is 2.90. The first-order valence-electron chi connectivity index (χ1n) is 6.33. The van der Waals surface area contributed by atoms with Crippen LogP contribution in [0.15, 0.2) is 35.8 Å². The van der Waals surface area contributed by atoms with E-state index < -0.39 is 0 Å². The molecule has 0 bridgehead atoms. The Kier molecular flexibility index (Phi) is 4.03. The molecule has 1 heterocycles. The van der Waals surface area contributed by atoms with Gasteiger partial charge in [0.1, 0.15) is 6.61 Å². The van der Waals surface area contributed by atoms with Gasteiger partial charge in [-0.2, -0.15) is 0 Å². The summed E-state index contributed by atoms with van der Waals surface area (Å²) in [5.41, 5.74) is 3.90. The molecule has 1 unspecified atom stereocenters. The SMILES string of the molecule is C=CCC(NC1=NCCO1)c1cccc(C)c1C. The molecule has 0 saturated carbocycles. The molecule has 1 N–H and O–H groups in total. The minimum atomic E-state index is 0.180. The van der Waals surface area contributed by atoms with Crippen LogP contribution in [0.2, 0.25) is 0 Å². The lowest BCUT2D eigenvalue weighted by atomic mass is 9.95. The molecule has 1 aliphatic rings. The van der Waals surface area contributed by atoms with Crippen LogP contribution in [0.4, 0.5) is 0 Å². The summed E-state index contributed by atoms with van der Waals surface area (Å²) < 4.78 is 5.43. The van der Waals surface area contributed by atoms with Crippen molar-refractivity contribution in [2.24, 2.45) is 4.99 Å². The first kappa shape index (κ1) is 12.7. The molecule has 3 nitrogen and oxygen atoms in total. The number of amidine groups is 1. The van der Waals surface area contributed by atoms with Crippen LogP contribution in [0.25, 0.3) is 0 Å². The molecular formula is C15H20N2O. The van der Waals surface area contributed by atoms with Crippen LogP contribution in [-0.4, -0.2) is 19.2 Å². The average molecular weight is 244 g/mol. The summed E-state index contributed by atoms with van der Waals surface area (Å²) in [7, 11) is 0. The fraction of sp³-hybridized carbons (Fsp3) is 0.400. The van der Waals surface area contributed by atoms with Gasteiger partial charge < -0.3 is 10.1 Å². The molecule has 1 aliphatic heterocycles. The first-order valence-corrected chi connectivity index (χ1v) is 6.33. The number of benzene rings is 1. The van der Waals surface area contributed by atoms with E-state index in [0.29, 0.717) is 12.6 Å². The highest BCUT2D eigenvalue weighted by Gasteiger charge is 2.17. The molecule has 1 aromatic carbocycles. The summed E-state index contributed by atoms with van der Waals surface area (Å²) in [5, 5.41) is 3.36. The molecular weight excluding hydrogens is 224 g/mol. The molecule has 0 aromatic heterocycles. The number of aliphatic imine (C=N–C) groups is 1. The van der Waals surface area contributed by atoms with Crippen molar-refractivity contribution in [2.75, 3.05) is 13.2 Å². The number of nitrogens with zero attached hydrogens (tertiary/aromatic N) is 1. The summed E-state index contributed by atoms with van der Waals surface area (Å²) in [5.74, 6) is 0. The van der Waals surface area contributed by atoms with E-state index in [4.69, 9.17) is 4.74 Å². The largest absolute Gasteiger partial charge is 0.463 e. The first-order chi connectivity index (χ1) is 8.72. The van der Waals surface area contributed by atoms with Gasteiger partial charge in [-0.1, -0.05) is 24.3 Å². The van der Waals surface area contributed by atoms with Gasteiger partial charge in [-0.15, -0.1) is 6.58 Å². The zero-order valence-corrected chi connectivity index (χ0v) is 11.1. The topological polar surface area (TPSA) is 33.6 Å². The van der Waals surface area contributed by atoms with E-state index in [1.165, 1.54) is 16.7 Å². The van der Waals surface area contributed by atoms with E-state index in [1.807, 2.05) is 6.08 Å². The fourth-order valence-corrected chi connectivity index (χ4v) is 2.15. The van der Waals surface area contributed by atoms with Crippen molar-refractivity contribution >= 4 is 6.02 Å². The smallest absolute Gasteiger partial charge is 0.285 e. The number of nitrogens with one attached hydrogen (secondary N) is 1. The summed E-state index contributed by atoms with van der Waals surface area (Å²) >= 11 is 0. The highest BCUT2D eigenvalue weighted by molar-refractivity contribution is 5.75. The predicted molar refractivity (Wildman–Crippen MR) is 74.9 cm³/mol. The minimum Gasteiger partial charge on any atom is -0.463 e. The van der Waals surface area contributed by atoms with Crippen molar-refractivity contribution in [2.45, 2.75) is 26.3 Å². The average Bonchev–Trinajstić information content (AvgIpc) is 2.85. The van der Waals surface area contributed by atoms with E-state index in [1.54, 1.807) is 0 Å². The fourth-order valence-electron chi connectivity index (χ4n) is 2.15. The van der Waals surface area contributed by atoms with Gasteiger partial charge in [0.15, 0.2) is 0 Å². The quantitative estimate of drug-likeness (QED) is 0.826. The van der Waals surface area contributed by atoms with Gasteiger partial charge in [0, 0.05) is 0 Å². The Morgan fingerprint density at radius 2 is 2.33 bits per heavy atom. The lowest BCUT2D eigenvalue weighted by Crippen LogP contribution is -2.29. The Morgan fingerprint density at radius 3 is 3.00 bits per heavy atom. The summed E-state index contributed by atoms with van der Waals surface area (Å²) in [4.78, 5) is 4.28. The summed E-state index contributed by atoms with van der Waals surface area (Å²) in [6.07, 6.45) is 2.78. The molecule has 1 aromatic rings. The Labute approximate surface area is 109 Å². The Bertz CT molecular complexity index is 466. The lowest BCUT2D eigenvalue weighted by Gasteiger charge is -2.21. The van der Waals surface area contributed by atoms with E-state index in [-0.39, 0.29) is 6.04 Å². The summed E-state index contributed by atoms with van der Waals surface area (Å²) in [6.45, 7) is 9.54. The minimum absolute atomic E-state index is 0.180. The third kappa shape index (κ3) is 2.73. The monoisotopic (exact) mass is 244 g/mol. The third-order valence-electron chi connectivity index (χ3n) is 3.31. The molecule has 1 atom stereocenters. The molecule has 0 aliphatic carbocycles. The standard InChI is InChI=1S/C15H20N2O/c1-4-6-14(17-15-16-9-10-18-15)13-8-5-7-11(2)12(13)3/h4-5,7-8,14H,1,6,9-10H2,2-3H3,(H,16,17). The Hall–Kier alpha value is -1.77. The molecule has 0 saturated heterocycles. The molecule has 0 spiro atoms. The van der Waals surface area contributed by atoms with Crippen molar-refractivity contribution in [1.29, 1.82) is 0 Å². The second kappa shape index (κ2) is 5.71. The van der Waals surface area contributed by atoms with E-state index >= 15 is 0 Å². The van der Waals surface area contributed by atoms with E-state index in [9.17, 15) is 0 Å². The van der Waals surface area contributed by atoms with Crippen LogP contribution < -0.4 is 5.32 Å². The Balaban J connectivity index is 2.23. The van der Waals surface area contributed by atoms with Gasteiger partial charge in [0.05, 0.1) is 12.6 Å². The molecule has 3 heteroatoms. The zero-order valence-electron chi connectivity index (χ0n) is 11.1. The van der Waals surface area contributed by atoms with E-state index in [2.05, 4.69) is 48.9 Å². The number of ether oxygens (including phenoxy) is 1. The van der Waals surface area contributed by atoms with Crippen molar-refractivity contribution in [3.8, 4) is 0 Å². The van der Waals surface area contributed by atoms with Gasteiger partial charge in [-0.3, -0.25) is 0 Å². The van der Waals surface area contributed by atoms with Crippen LogP contribution in [0.3, 0.4) is 0 Å². The van der Waals surface area contributed by atoms with E-state index in [0.717, 1.165) is 13.0 Å². The number of aryl methyl sites for hydroxylation is 1. The maximum atomic E-state index is 5.43. The highest BCUT2D eigenvalue weighted by Crippen LogP contribution is 2.23. The lowest BCUT2D eigenvalue weighted by molar-refractivity contribution is 0.325. The van der Waals surface area contributed by atoms with Crippen LogP contribution in [0.1, 0.15) is 29.2 Å². The molecule has 2 rings (SSSR count). The molecule has 0 amide bonds. The third-order valence-corrected chi connectivity index (χ3v) is 3.31. The second-order valence-electron chi connectivity index (χ2n) is 4.55. The van der Waals surface area contributed by atoms with Crippen LogP contribution in [-0.2, 0) is 4.74 Å². The molecule has 0 fully saturated rings. The molecule has 96 valence electrons. The van der Waals surface area contributed by atoms with Gasteiger partial charge in [-0.25, -0.2) is 4.99 Å². The van der Waals surface area contributed by atoms with Crippen molar-refractivity contribution < 1.29 is 4.74 Å². The van der Waals surface area contributed by atoms with Crippen molar-refractivity contribution in [3.05, 3.63) is 47.5 Å². The number of rotatable bonds is 4. The van der Waals surface area contributed by atoms with Crippen LogP contribution in [0, 0.1) is 13.8 Å². The highest BCUT2D eigenvalue weighted by atomic mass is 16.5. The number of hydrogen-bond donors (Lipinski definition) is 1. The zero-order chi connectivity index (χ0) is 13.0. The van der Waals surface area contributed by atoms with Crippen molar-refractivity contribution in [3.63, 3.8) is 0 Å². The summed E-state index contributed by atoms with van der Waals surface area (Å²) in [6, 6.07) is 7.21. The van der Waals surface area contributed by atoms with Gasteiger partial charge in [0.25, 0.3) is 6.02 Å². The maximum absolute atomic E-state index is 5.43. The van der Waals surface area contributed by atoms with Crippen LogP contribution in [0.5, 0.6) is 0 Å². The van der Waals surface area contributed by atoms with Crippen molar-refractivity contribution in [1.82, 2.24) is 5.32 Å². The maximum Gasteiger partial charge on any atom is 0.285 e. The van der Waals surface area contributed by atoms with Gasteiger partial charge in [-0.05, 0) is 37.0 Å². The van der Waals surface area contributed by atoms with Crippen LogP contribution >= 0.6 is 0 Å². The van der Waals surface area contributed by atoms with Gasteiger partial charge >= 0.3 is 0 Å². The normalized spacial score (nSPS) is 15.8. The number of hydrogen-bond acceptors (Lipinski definition) is 3. The molecule has 0 radical (unpaired) electrons.